The molecule has 0 saturated carbocycles. The molecule has 2 nitrogen and oxygen atoms in total. The average molecular weight is 341 g/mol. The normalized spacial score (nSPS) is 10.4. The molecule has 0 N–H and O–H groups in total. The van der Waals surface area contributed by atoms with Gasteiger partial charge in [-0.2, -0.15) is 4.57 Å². The number of pyridine rings is 1. The van der Waals surface area contributed by atoms with Crippen molar-refractivity contribution in [2.75, 3.05) is 5.08 Å². The molecule has 3 rings (SSSR count). The second-order valence-electron chi connectivity index (χ2n) is 4.00. The zero-order valence-corrected chi connectivity index (χ0v) is 14.0. The number of fused-ring (bicyclic) bond motifs is 1. The monoisotopic (exact) mass is 340 g/mol. The maximum absolute atomic E-state index is 4.63. The van der Waals surface area contributed by atoms with Crippen molar-refractivity contribution in [1.82, 2.24) is 4.98 Å². The molecule has 0 fully saturated rings. The van der Waals surface area contributed by atoms with Crippen LogP contribution in [0.25, 0.3) is 10.2 Å². The van der Waals surface area contributed by atoms with Crippen LogP contribution in [-0.4, -0.2) is 10.1 Å². The van der Waals surface area contributed by atoms with E-state index in [2.05, 4.69) is 53.1 Å². The Morgan fingerprint density at radius 2 is 1.90 bits per heavy atom. The number of hydrogen-bond donors (Lipinski definition) is 0. The van der Waals surface area contributed by atoms with Crippen LogP contribution in [0.1, 0.15) is 0 Å². The summed E-state index contributed by atoms with van der Waals surface area (Å²) in [4.78, 5) is 4.63. The highest BCUT2D eigenvalue weighted by Gasteiger charge is 2.08. The third kappa shape index (κ3) is 3.67. The highest BCUT2D eigenvalue weighted by molar-refractivity contribution is 8.16. The quantitative estimate of drug-likeness (QED) is 0.400. The molecule has 0 radical (unpaired) electrons. The van der Waals surface area contributed by atoms with Crippen molar-refractivity contribution in [2.24, 2.45) is 7.05 Å². The van der Waals surface area contributed by atoms with Gasteiger partial charge in [-0.05, 0) is 30.0 Å². The van der Waals surface area contributed by atoms with Crippen molar-refractivity contribution in [2.45, 2.75) is 9.37 Å². The molecule has 0 unspecified atom stereocenters. The fourth-order valence-electron chi connectivity index (χ4n) is 1.71. The van der Waals surface area contributed by atoms with Gasteiger partial charge in [0.15, 0.2) is 10.5 Å². The van der Waals surface area contributed by atoms with Gasteiger partial charge in [-0.15, -0.1) is 11.3 Å². The average Bonchev–Trinajstić information content (AvgIpc) is 2.83. The first-order valence-corrected chi connectivity index (χ1v) is 8.67. The highest BCUT2D eigenvalue weighted by Crippen LogP contribution is 2.32. The Labute approximate surface area is 137 Å². The van der Waals surface area contributed by atoms with Crippen LogP contribution in [0.3, 0.4) is 0 Å². The van der Waals surface area contributed by atoms with Gasteiger partial charge in [0.1, 0.15) is 7.05 Å². The second-order valence-corrected chi connectivity index (χ2v) is 7.62. The molecule has 0 aliphatic carbocycles. The van der Waals surface area contributed by atoms with E-state index in [1.54, 1.807) is 23.1 Å². The number of hydrogen-bond acceptors (Lipinski definition) is 4. The lowest BCUT2D eigenvalue weighted by Gasteiger charge is -1.97. The third-order valence-electron chi connectivity index (χ3n) is 2.67. The molecule has 0 atom stereocenters. The molecule has 104 valence electrons. The molecular weight excluding hydrogens is 328 g/mol. The number of aryl methyl sites for hydroxylation is 1. The molecule has 2 aromatic heterocycles. The van der Waals surface area contributed by atoms with Crippen molar-refractivity contribution in [3.05, 3.63) is 48.7 Å². The van der Waals surface area contributed by atoms with Crippen molar-refractivity contribution < 1.29 is 17.0 Å². The van der Waals surface area contributed by atoms with E-state index in [1.165, 1.54) is 9.73 Å². The van der Waals surface area contributed by atoms with Gasteiger partial charge in [0, 0.05) is 12.1 Å². The molecule has 0 spiro atoms. The van der Waals surface area contributed by atoms with Crippen LogP contribution in [0.5, 0.6) is 0 Å². The molecule has 3 aromatic rings. The first kappa shape index (κ1) is 15.6. The predicted octanol–water partition coefficient (Wildman–Crippen LogP) is 0.967. The summed E-state index contributed by atoms with van der Waals surface area (Å²) in [5.74, 6) is 0. The molecule has 20 heavy (non-hydrogen) atoms. The van der Waals surface area contributed by atoms with Gasteiger partial charge in [-0.3, -0.25) is 0 Å². The Balaban J connectivity index is 0.00000147. The Kier molecular flexibility index (Phi) is 5.72. The summed E-state index contributed by atoms with van der Waals surface area (Å²) < 4.78 is 4.55. The second kappa shape index (κ2) is 7.31. The van der Waals surface area contributed by atoms with Crippen LogP contribution < -0.4 is 17.0 Å². The fourth-order valence-corrected chi connectivity index (χ4v) is 5.07. The zero-order valence-electron chi connectivity index (χ0n) is 10.8. The lowest BCUT2D eigenvalue weighted by molar-refractivity contribution is -0.708. The minimum absolute atomic E-state index is 0. The SMILES string of the molecule is C[n+]1ccccc1SCSc1nc2ccccc2s1.[Cl-]. The molecule has 0 aliphatic heterocycles. The number of rotatable bonds is 4. The molecule has 0 saturated heterocycles. The van der Waals surface area contributed by atoms with E-state index >= 15 is 0 Å². The topological polar surface area (TPSA) is 16.8 Å². The van der Waals surface area contributed by atoms with Gasteiger partial charge in [-0.25, -0.2) is 4.98 Å². The van der Waals surface area contributed by atoms with Crippen LogP contribution in [-0.2, 0) is 7.05 Å². The number of benzene rings is 1. The first-order chi connectivity index (χ1) is 9.33. The summed E-state index contributed by atoms with van der Waals surface area (Å²) in [6.45, 7) is 0. The van der Waals surface area contributed by atoms with E-state index in [9.17, 15) is 0 Å². The minimum Gasteiger partial charge on any atom is -1.00 e. The number of halogens is 1. The van der Waals surface area contributed by atoms with Crippen LogP contribution in [0.15, 0.2) is 58.0 Å². The molecule has 1 aromatic carbocycles. The standard InChI is InChI=1S/C14H13N2S3.ClH/c1-16-9-5-4-8-13(16)17-10-18-14-15-11-6-2-3-7-12(11)19-14;/h2-9H,10H2,1H3;1H/q+1;/p-1. The Bertz CT molecular complexity index is 666. The summed E-state index contributed by atoms with van der Waals surface area (Å²) in [6.07, 6.45) is 2.07. The van der Waals surface area contributed by atoms with Crippen molar-refractivity contribution in [3.8, 4) is 0 Å². The number of nitrogens with zero attached hydrogens (tertiary/aromatic N) is 2. The Morgan fingerprint density at radius 1 is 1.10 bits per heavy atom. The zero-order chi connectivity index (χ0) is 13.1. The number of aromatic nitrogens is 2. The molecule has 0 amide bonds. The summed E-state index contributed by atoms with van der Waals surface area (Å²) in [5.41, 5.74) is 1.10. The van der Waals surface area contributed by atoms with Crippen molar-refractivity contribution in [1.29, 1.82) is 0 Å². The minimum atomic E-state index is 0. The van der Waals surface area contributed by atoms with Crippen LogP contribution in [0.4, 0.5) is 0 Å². The van der Waals surface area contributed by atoms with Gasteiger partial charge in [0.25, 0.3) is 0 Å². The Hall–Kier alpha value is -0.750. The first-order valence-electron chi connectivity index (χ1n) is 5.89. The summed E-state index contributed by atoms with van der Waals surface area (Å²) >= 11 is 5.42. The lowest BCUT2D eigenvalue weighted by atomic mass is 10.3. The van der Waals surface area contributed by atoms with E-state index in [0.29, 0.717) is 0 Å². The summed E-state index contributed by atoms with van der Waals surface area (Å²) in [5, 5.41) is 2.26. The lowest BCUT2D eigenvalue weighted by Crippen LogP contribution is -3.00. The number of thioether (sulfide) groups is 2. The summed E-state index contributed by atoms with van der Waals surface area (Å²) in [6, 6.07) is 14.6. The largest absolute Gasteiger partial charge is 1.00 e. The van der Waals surface area contributed by atoms with E-state index in [0.717, 1.165) is 14.9 Å². The van der Waals surface area contributed by atoms with E-state index in [4.69, 9.17) is 0 Å². The van der Waals surface area contributed by atoms with Crippen LogP contribution in [0, 0.1) is 0 Å². The van der Waals surface area contributed by atoms with Gasteiger partial charge < -0.3 is 12.4 Å². The van der Waals surface area contributed by atoms with Crippen LogP contribution >= 0.6 is 34.9 Å². The number of thiazole rings is 1. The summed E-state index contributed by atoms with van der Waals surface area (Å²) in [7, 11) is 2.07. The van der Waals surface area contributed by atoms with E-state index in [1.807, 2.05) is 23.9 Å². The molecule has 6 heteroatoms. The smallest absolute Gasteiger partial charge is 0.240 e. The molecule has 2 heterocycles. The Morgan fingerprint density at radius 3 is 2.70 bits per heavy atom. The molecule has 0 aliphatic rings. The van der Waals surface area contributed by atoms with Gasteiger partial charge in [-0.1, -0.05) is 23.9 Å². The van der Waals surface area contributed by atoms with E-state index in [-0.39, 0.29) is 12.4 Å². The van der Waals surface area contributed by atoms with Gasteiger partial charge >= 0.3 is 0 Å². The third-order valence-corrected chi connectivity index (χ3v) is 6.11. The van der Waals surface area contributed by atoms with Crippen LogP contribution in [0.2, 0.25) is 0 Å². The van der Waals surface area contributed by atoms with Crippen molar-refractivity contribution >= 4 is 45.1 Å². The predicted molar refractivity (Wildman–Crippen MR) is 83.8 cm³/mol. The highest BCUT2D eigenvalue weighted by atomic mass is 35.5. The fraction of sp³-hybridized carbons (Fsp3) is 0.143. The molecular formula is C14H13ClN2S3. The maximum Gasteiger partial charge on any atom is 0.240 e. The van der Waals surface area contributed by atoms with Gasteiger partial charge in [0.2, 0.25) is 5.03 Å². The van der Waals surface area contributed by atoms with Gasteiger partial charge in [0.05, 0.1) is 15.3 Å². The van der Waals surface area contributed by atoms with Crippen molar-refractivity contribution in [3.63, 3.8) is 0 Å². The van der Waals surface area contributed by atoms with E-state index < -0.39 is 0 Å². The number of para-hydroxylation sites is 1. The maximum atomic E-state index is 4.63. The molecule has 0 bridgehead atoms.